The third-order valence-electron chi connectivity index (χ3n) is 5.00. The van der Waals surface area contributed by atoms with Gasteiger partial charge in [0, 0.05) is 25.1 Å². The van der Waals surface area contributed by atoms with Crippen LogP contribution in [0.25, 0.3) is 11.0 Å². The van der Waals surface area contributed by atoms with Gasteiger partial charge in [-0.2, -0.15) is 0 Å². The molecule has 0 saturated carbocycles. The van der Waals surface area contributed by atoms with Crippen molar-refractivity contribution in [3.8, 4) is 0 Å². The number of nitrogens with zero attached hydrogens (tertiary/aromatic N) is 2. The second kappa shape index (κ2) is 10.5. The minimum absolute atomic E-state index is 0.115. The van der Waals surface area contributed by atoms with Gasteiger partial charge in [-0.3, -0.25) is 19.0 Å². The molecule has 7 nitrogen and oxygen atoms in total. The highest BCUT2D eigenvalue weighted by Gasteiger charge is 2.15. The van der Waals surface area contributed by atoms with Gasteiger partial charge in [0.25, 0.3) is 5.56 Å². The van der Waals surface area contributed by atoms with Crippen molar-refractivity contribution in [2.75, 3.05) is 11.9 Å². The summed E-state index contributed by atoms with van der Waals surface area (Å²) < 4.78 is 1.43. The minimum atomic E-state index is -0.348. The molecule has 7 heteroatoms. The first kappa shape index (κ1) is 22.2. The van der Waals surface area contributed by atoms with Crippen molar-refractivity contribution in [1.82, 2.24) is 14.9 Å². The molecule has 0 fully saturated rings. The van der Waals surface area contributed by atoms with Crippen molar-refractivity contribution >= 4 is 28.5 Å². The molecule has 1 heterocycles. The largest absolute Gasteiger partial charge is 0.356 e. The molecule has 3 aromatic rings. The molecule has 2 N–H and O–H groups in total. The molecule has 0 unspecified atom stereocenters. The van der Waals surface area contributed by atoms with Gasteiger partial charge in [-0.25, -0.2) is 4.98 Å². The van der Waals surface area contributed by atoms with Gasteiger partial charge in [-0.15, -0.1) is 0 Å². The summed E-state index contributed by atoms with van der Waals surface area (Å²) in [6.07, 6.45) is 2.12. The Morgan fingerprint density at radius 2 is 1.84 bits per heavy atom. The smallest absolute Gasteiger partial charge is 0.273 e. The number of nitrogens with one attached hydrogen (secondary N) is 2. The van der Waals surface area contributed by atoms with Crippen LogP contribution in [0, 0.1) is 0 Å². The van der Waals surface area contributed by atoms with Gasteiger partial charge >= 0.3 is 0 Å². The summed E-state index contributed by atoms with van der Waals surface area (Å²) in [7, 11) is 0. The first-order chi connectivity index (χ1) is 15.0. The van der Waals surface area contributed by atoms with E-state index in [1.807, 2.05) is 44.2 Å². The molecular formula is C24H28N4O3. The Balaban J connectivity index is 1.84. The van der Waals surface area contributed by atoms with Gasteiger partial charge in [0.15, 0.2) is 0 Å². The topological polar surface area (TPSA) is 93.1 Å². The molecule has 2 amide bonds. The molecule has 0 aliphatic heterocycles. The normalized spacial score (nSPS) is 10.8. The number of hydrogen-bond acceptors (Lipinski definition) is 4. The van der Waals surface area contributed by atoms with Gasteiger partial charge in [0.1, 0.15) is 12.2 Å². The Bertz CT molecular complexity index is 1140. The standard InChI is InChI=1S/C24H28N4O3/c1-3-14-25-22(29)13-12-20-24(31)28(21-11-6-5-10-19(21)27-20)16-23(30)26-18-9-7-8-17(4-2)15-18/h5-11,15H,3-4,12-14,16H2,1-2H3,(H,25,29)(H,26,30). The van der Waals surface area contributed by atoms with Gasteiger partial charge in [0.05, 0.1) is 11.0 Å². The molecule has 31 heavy (non-hydrogen) atoms. The second-order valence-corrected chi connectivity index (χ2v) is 7.39. The van der Waals surface area contributed by atoms with Gasteiger partial charge < -0.3 is 10.6 Å². The van der Waals surface area contributed by atoms with Crippen LogP contribution in [-0.2, 0) is 29.0 Å². The molecule has 1 aromatic heterocycles. The van der Waals surface area contributed by atoms with Crippen LogP contribution >= 0.6 is 0 Å². The van der Waals surface area contributed by atoms with Crippen molar-refractivity contribution in [3.63, 3.8) is 0 Å². The molecule has 162 valence electrons. The van der Waals surface area contributed by atoms with E-state index in [0.717, 1.165) is 18.4 Å². The summed E-state index contributed by atoms with van der Waals surface area (Å²) in [5.74, 6) is -0.408. The van der Waals surface area contributed by atoms with Gasteiger partial charge in [-0.05, 0) is 42.7 Å². The highest BCUT2D eigenvalue weighted by molar-refractivity contribution is 5.91. The number of amides is 2. The number of anilines is 1. The van der Waals surface area contributed by atoms with E-state index >= 15 is 0 Å². The molecule has 0 radical (unpaired) electrons. The minimum Gasteiger partial charge on any atom is -0.356 e. The fourth-order valence-corrected chi connectivity index (χ4v) is 3.36. The fourth-order valence-electron chi connectivity index (χ4n) is 3.36. The fraction of sp³-hybridized carbons (Fsp3) is 0.333. The van der Waals surface area contributed by atoms with Crippen molar-refractivity contribution in [2.45, 2.75) is 46.1 Å². The van der Waals surface area contributed by atoms with E-state index in [1.54, 1.807) is 18.2 Å². The highest BCUT2D eigenvalue weighted by atomic mass is 16.2. The molecule has 3 rings (SSSR count). The van der Waals surface area contributed by atoms with Crippen LogP contribution in [0.3, 0.4) is 0 Å². The predicted octanol–water partition coefficient (Wildman–Crippen LogP) is 3.06. The summed E-state index contributed by atoms with van der Waals surface area (Å²) in [6.45, 7) is 4.50. The molecular weight excluding hydrogens is 392 g/mol. The van der Waals surface area contributed by atoms with Gasteiger partial charge in [0.2, 0.25) is 11.8 Å². The number of hydrogen-bond donors (Lipinski definition) is 2. The Morgan fingerprint density at radius 3 is 2.61 bits per heavy atom. The lowest BCUT2D eigenvalue weighted by Crippen LogP contribution is -2.32. The number of carbonyl (C=O) groups excluding carboxylic acids is 2. The highest BCUT2D eigenvalue weighted by Crippen LogP contribution is 2.13. The number of benzene rings is 2. The van der Waals surface area contributed by atoms with Crippen LogP contribution < -0.4 is 16.2 Å². The molecule has 2 aromatic carbocycles. The summed E-state index contributed by atoms with van der Waals surface area (Å²) >= 11 is 0. The summed E-state index contributed by atoms with van der Waals surface area (Å²) in [5.41, 5.74) is 2.96. The molecule has 0 bridgehead atoms. The number of aromatic nitrogens is 2. The summed E-state index contributed by atoms with van der Waals surface area (Å²) in [6, 6.07) is 14.8. The summed E-state index contributed by atoms with van der Waals surface area (Å²) in [5, 5.41) is 5.67. The zero-order chi connectivity index (χ0) is 22.2. The lowest BCUT2D eigenvalue weighted by molar-refractivity contribution is -0.121. The van der Waals surface area contributed by atoms with Crippen LogP contribution in [0.5, 0.6) is 0 Å². The maximum Gasteiger partial charge on any atom is 0.273 e. The van der Waals surface area contributed by atoms with E-state index in [1.165, 1.54) is 4.57 Å². The number of rotatable bonds is 9. The lowest BCUT2D eigenvalue weighted by Gasteiger charge is -2.13. The third kappa shape index (κ3) is 5.78. The first-order valence-electron chi connectivity index (χ1n) is 10.7. The van der Waals surface area contributed by atoms with Crippen LogP contribution in [0.15, 0.2) is 53.3 Å². The Hall–Kier alpha value is -3.48. The first-order valence-corrected chi connectivity index (χ1v) is 10.7. The average Bonchev–Trinajstić information content (AvgIpc) is 2.78. The zero-order valence-electron chi connectivity index (χ0n) is 18.0. The van der Waals surface area contributed by atoms with Crippen molar-refractivity contribution in [2.24, 2.45) is 0 Å². The summed E-state index contributed by atoms with van der Waals surface area (Å²) in [4.78, 5) is 42.2. The monoisotopic (exact) mass is 420 g/mol. The predicted molar refractivity (Wildman–Crippen MR) is 122 cm³/mol. The Kier molecular flexibility index (Phi) is 7.54. The maximum atomic E-state index is 13.1. The molecule has 0 atom stereocenters. The maximum absolute atomic E-state index is 13.1. The van der Waals surface area contributed by atoms with E-state index in [9.17, 15) is 14.4 Å². The van der Waals surface area contributed by atoms with E-state index < -0.39 is 0 Å². The van der Waals surface area contributed by atoms with Crippen molar-refractivity contribution < 1.29 is 9.59 Å². The van der Waals surface area contributed by atoms with E-state index in [4.69, 9.17) is 0 Å². The van der Waals surface area contributed by atoms with Crippen LogP contribution in [-0.4, -0.2) is 27.9 Å². The third-order valence-corrected chi connectivity index (χ3v) is 5.00. The lowest BCUT2D eigenvalue weighted by atomic mass is 10.1. The van der Waals surface area contributed by atoms with E-state index in [2.05, 4.69) is 15.6 Å². The van der Waals surface area contributed by atoms with Crippen LogP contribution in [0.1, 0.15) is 37.9 Å². The molecule has 0 saturated heterocycles. The number of aryl methyl sites for hydroxylation is 2. The molecule has 0 aliphatic rings. The quantitative estimate of drug-likeness (QED) is 0.556. The van der Waals surface area contributed by atoms with Crippen LogP contribution in [0.2, 0.25) is 0 Å². The van der Waals surface area contributed by atoms with Crippen molar-refractivity contribution in [3.05, 3.63) is 70.1 Å². The van der Waals surface area contributed by atoms with E-state index in [0.29, 0.717) is 23.3 Å². The molecule has 0 spiro atoms. The number of fused-ring (bicyclic) bond motifs is 1. The van der Waals surface area contributed by atoms with Crippen LogP contribution in [0.4, 0.5) is 5.69 Å². The van der Waals surface area contributed by atoms with E-state index in [-0.39, 0.29) is 42.5 Å². The van der Waals surface area contributed by atoms with Crippen molar-refractivity contribution in [1.29, 1.82) is 0 Å². The van der Waals surface area contributed by atoms with Gasteiger partial charge in [-0.1, -0.05) is 38.1 Å². The second-order valence-electron chi connectivity index (χ2n) is 7.39. The Labute approximate surface area is 181 Å². The SMILES string of the molecule is CCCNC(=O)CCc1nc2ccccc2n(CC(=O)Nc2cccc(CC)c2)c1=O. The Morgan fingerprint density at radius 1 is 1.03 bits per heavy atom. The zero-order valence-corrected chi connectivity index (χ0v) is 18.0. The number of para-hydroxylation sites is 2. The number of carbonyl (C=O) groups is 2. The molecule has 0 aliphatic carbocycles. The average molecular weight is 421 g/mol.